The molecule has 1 heterocycles. The summed E-state index contributed by atoms with van der Waals surface area (Å²) in [6, 6.07) is 17.8. The molecule has 3 aromatic rings. The van der Waals surface area contributed by atoms with Crippen molar-refractivity contribution >= 4 is 23.7 Å². The largest absolute Gasteiger partial charge is 0.493 e. The molecule has 0 saturated carbocycles. The Morgan fingerprint density at radius 3 is 2.83 bits per heavy atom. The third kappa shape index (κ3) is 5.13. The van der Waals surface area contributed by atoms with Crippen LogP contribution in [0.3, 0.4) is 0 Å². The van der Waals surface area contributed by atoms with E-state index in [9.17, 15) is 10.1 Å². The van der Waals surface area contributed by atoms with Crippen LogP contribution < -0.4 is 14.9 Å². The number of carbonyl (C=O) groups excluding carboxylic acids is 1. The van der Waals surface area contributed by atoms with Gasteiger partial charge in [-0.1, -0.05) is 29.8 Å². The minimum atomic E-state index is -0.465. The van der Waals surface area contributed by atoms with Crippen molar-refractivity contribution in [2.75, 3.05) is 7.11 Å². The number of nitriles is 1. The molecule has 30 heavy (non-hydrogen) atoms. The molecule has 0 radical (unpaired) electrons. The molecule has 1 amide bonds. The monoisotopic (exact) mass is 420 g/mol. The maximum absolute atomic E-state index is 12.1. The smallest absolute Gasteiger partial charge is 0.274 e. The summed E-state index contributed by atoms with van der Waals surface area (Å²) in [6.45, 7) is 0.232. The molecule has 7 nitrogen and oxygen atoms in total. The molecule has 0 aliphatic heterocycles. The average Bonchev–Trinajstić information content (AvgIpc) is 2.78. The minimum Gasteiger partial charge on any atom is -0.493 e. The predicted octanol–water partition coefficient (Wildman–Crippen LogP) is 3.96. The summed E-state index contributed by atoms with van der Waals surface area (Å²) in [6.07, 6.45) is 2.97. The van der Waals surface area contributed by atoms with Crippen molar-refractivity contribution in [2.45, 2.75) is 6.61 Å². The number of methoxy groups -OCH3 is 1. The van der Waals surface area contributed by atoms with Gasteiger partial charge in [0.25, 0.3) is 5.91 Å². The van der Waals surface area contributed by atoms with E-state index in [-0.39, 0.29) is 17.3 Å². The topological polar surface area (TPSA) is 96.6 Å². The predicted molar refractivity (Wildman–Crippen MR) is 113 cm³/mol. The Morgan fingerprint density at radius 2 is 2.07 bits per heavy atom. The van der Waals surface area contributed by atoms with Crippen molar-refractivity contribution < 1.29 is 14.3 Å². The number of pyridine rings is 1. The van der Waals surface area contributed by atoms with Gasteiger partial charge in [0.05, 0.1) is 30.5 Å². The second-order valence-electron chi connectivity index (χ2n) is 6.01. The number of carbonyl (C=O) groups is 1. The fourth-order valence-electron chi connectivity index (χ4n) is 2.58. The van der Waals surface area contributed by atoms with Gasteiger partial charge in [0.15, 0.2) is 11.5 Å². The number of hydrazone groups is 1. The molecule has 3 rings (SSSR count). The molecule has 2 aromatic carbocycles. The van der Waals surface area contributed by atoms with E-state index in [1.165, 1.54) is 19.5 Å². The van der Waals surface area contributed by atoms with Gasteiger partial charge >= 0.3 is 0 Å². The fraction of sp³-hybridized carbons (Fsp3) is 0.0909. The molecule has 0 unspecified atom stereocenters. The van der Waals surface area contributed by atoms with E-state index in [4.69, 9.17) is 21.1 Å². The molecule has 0 atom stereocenters. The molecule has 0 saturated heterocycles. The number of benzene rings is 2. The highest BCUT2D eigenvalue weighted by Crippen LogP contribution is 2.28. The van der Waals surface area contributed by atoms with Gasteiger partial charge in [-0.05, 0) is 42.0 Å². The lowest BCUT2D eigenvalue weighted by Gasteiger charge is -2.12. The molecule has 1 aromatic heterocycles. The van der Waals surface area contributed by atoms with Crippen molar-refractivity contribution in [3.05, 3.63) is 88.2 Å². The highest BCUT2D eigenvalue weighted by Gasteiger charge is 2.10. The van der Waals surface area contributed by atoms with Gasteiger partial charge in [-0.25, -0.2) is 10.4 Å². The van der Waals surface area contributed by atoms with Crippen LogP contribution >= 0.6 is 11.6 Å². The average molecular weight is 421 g/mol. The van der Waals surface area contributed by atoms with Crippen LogP contribution in [-0.2, 0) is 6.61 Å². The second kappa shape index (κ2) is 10.0. The number of ether oxygens (including phenoxy) is 2. The van der Waals surface area contributed by atoms with Crippen LogP contribution in [0, 0.1) is 11.3 Å². The van der Waals surface area contributed by atoms with Crippen molar-refractivity contribution in [1.29, 1.82) is 5.26 Å². The molecule has 0 spiro atoms. The highest BCUT2D eigenvalue weighted by atomic mass is 35.5. The summed E-state index contributed by atoms with van der Waals surface area (Å²) in [5.74, 6) is 0.552. The molecular weight excluding hydrogens is 404 g/mol. The van der Waals surface area contributed by atoms with E-state index < -0.39 is 5.91 Å². The summed E-state index contributed by atoms with van der Waals surface area (Å²) >= 11 is 5.89. The third-order valence-electron chi connectivity index (χ3n) is 4.09. The van der Waals surface area contributed by atoms with Crippen molar-refractivity contribution in [3.8, 4) is 17.6 Å². The molecule has 0 aliphatic carbocycles. The Balaban J connectivity index is 1.66. The van der Waals surface area contributed by atoms with Gasteiger partial charge in [-0.15, -0.1) is 0 Å². The molecular formula is C22H17ClN4O3. The van der Waals surface area contributed by atoms with Gasteiger partial charge in [-0.2, -0.15) is 10.4 Å². The SMILES string of the molecule is COc1cc(C=NNC(=O)c2cccnc2Cl)ccc1OCc1ccccc1C#N. The number of nitrogens with zero attached hydrogens (tertiary/aromatic N) is 3. The van der Waals surface area contributed by atoms with E-state index >= 15 is 0 Å². The van der Waals surface area contributed by atoms with E-state index in [0.29, 0.717) is 22.6 Å². The lowest BCUT2D eigenvalue weighted by molar-refractivity contribution is 0.0955. The van der Waals surface area contributed by atoms with Crippen LogP contribution in [0.2, 0.25) is 5.15 Å². The lowest BCUT2D eigenvalue weighted by Crippen LogP contribution is -2.18. The quantitative estimate of drug-likeness (QED) is 0.354. The van der Waals surface area contributed by atoms with Gasteiger partial charge in [0.1, 0.15) is 11.8 Å². The molecule has 0 aliphatic rings. The molecule has 1 N–H and O–H groups in total. The van der Waals surface area contributed by atoms with E-state index in [1.54, 1.807) is 42.5 Å². The molecule has 8 heteroatoms. The zero-order valence-electron chi connectivity index (χ0n) is 16.0. The van der Waals surface area contributed by atoms with E-state index in [2.05, 4.69) is 21.6 Å². The number of nitrogens with one attached hydrogen (secondary N) is 1. The zero-order valence-corrected chi connectivity index (χ0v) is 16.8. The maximum Gasteiger partial charge on any atom is 0.274 e. The van der Waals surface area contributed by atoms with Gasteiger partial charge in [0.2, 0.25) is 0 Å². The third-order valence-corrected chi connectivity index (χ3v) is 4.39. The minimum absolute atomic E-state index is 0.103. The molecule has 0 fully saturated rings. The second-order valence-corrected chi connectivity index (χ2v) is 6.37. The Hall–Kier alpha value is -3.89. The van der Waals surface area contributed by atoms with E-state index in [1.807, 2.05) is 12.1 Å². The molecule has 150 valence electrons. The first-order valence-electron chi connectivity index (χ1n) is 8.85. The first kappa shape index (κ1) is 20.8. The zero-order chi connectivity index (χ0) is 21.3. The van der Waals surface area contributed by atoms with Crippen LogP contribution in [0.5, 0.6) is 11.5 Å². The van der Waals surface area contributed by atoms with Crippen LogP contribution in [0.1, 0.15) is 27.0 Å². The maximum atomic E-state index is 12.1. The summed E-state index contributed by atoms with van der Waals surface area (Å²) < 4.78 is 11.2. The van der Waals surface area contributed by atoms with Crippen LogP contribution in [0.4, 0.5) is 0 Å². The summed E-state index contributed by atoms with van der Waals surface area (Å²) in [5.41, 5.74) is 4.67. The Bertz CT molecular complexity index is 1130. The van der Waals surface area contributed by atoms with Crippen LogP contribution in [0.15, 0.2) is 65.9 Å². The first-order chi connectivity index (χ1) is 14.6. The lowest BCUT2D eigenvalue weighted by atomic mass is 10.1. The fourth-order valence-corrected chi connectivity index (χ4v) is 2.78. The number of aromatic nitrogens is 1. The number of hydrogen-bond donors (Lipinski definition) is 1. The van der Waals surface area contributed by atoms with E-state index in [0.717, 1.165) is 5.56 Å². The summed E-state index contributed by atoms with van der Waals surface area (Å²) in [4.78, 5) is 15.9. The van der Waals surface area contributed by atoms with Crippen molar-refractivity contribution in [3.63, 3.8) is 0 Å². The Kier molecular flexibility index (Phi) is 6.98. The number of halogens is 1. The standard InChI is InChI=1S/C22H17ClN4O3/c1-29-20-11-15(13-26-27-22(28)18-7-4-10-25-21(18)23)8-9-19(20)30-14-17-6-3-2-5-16(17)12-24/h2-11,13H,14H2,1H3,(H,27,28). The number of amides is 1. The van der Waals surface area contributed by atoms with Gasteiger partial charge in [-0.3, -0.25) is 4.79 Å². The van der Waals surface area contributed by atoms with Crippen molar-refractivity contribution in [1.82, 2.24) is 10.4 Å². The summed E-state index contributed by atoms with van der Waals surface area (Å²) in [5, 5.41) is 13.2. The normalized spacial score (nSPS) is 10.4. The Labute approximate surface area is 178 Å². The summed E-state index contributed by atoms with van der Waals surface area (Å²) in [7, 11) is 1.53. The van der Waals surface area contributed by atoms with Gasteiger partial charge < -0.3 is 9.47 Å². The van der Waals surface area contributed by atoms with Crippen molar-refractivity contribution in [2.24, 2.45) is 5.10 Å². The first-order valence-corrected chi connectivity index (χ1v) is 9.23. The van der Waals surface area contributed by atoms with Gasteiger partial charge in [0, 0.05) is 11.8 Å². The van der Waals surface area contributed by atoms with Crippen LogP contribution in [0.25, 0.3) is 0 Å². The Morgan fingerprint density at radius 1 is 1.23 bits per heavy atom. The number of hydrogen-bond acceptors (Lipinski definition) is 6. The van der Waals surface area contributed by atoms with Crippen LogP contribution in [-0.4, -0.2) is 24.2 Å². The highest BCUT2D eigenvalue weighted by molar-refractivity contribution is 6.32. The number of rotatable bonds is 7. The molecule has 0 bridgehead atoms.